The van der Waals surface area contributed by atoms with Crippen LogP contribution < -0.4 is 0 Å². The summed E-state index contributed by atoms with van der Waals surface area (Å²) in [6.07, 6.45) is 8.30. The van der Waals surface area contributed by atoms with Crippen molar-refractivity contribution in [2.45, 2.75) is 51.0 Å². The first kappa shape index (κ1) is 14.8. The predicted octanol–water partition coefficient (Wildman–Crippen LogP) is 1.89. The molecule has 0 bridgehead atoms. The number of methoxy groups -OCH3 is 1. The van der Waals surface area contributed by atoms with Gasteiger partial charge in [-0.3, -0.25) is 9.69 Å². The summed E-state index contributed by atoms with van der Waals surface area (Å²) in [6.45, 7) is 6.02. The van der Waals surface area contributed by atoms with Gasteiger partial charge in [0.15, 0.2) is 0 Å². The van der Waals surface area contributed by atoms with Crippen LogP contribution in [-0.2, 0) is 9.53 Å². The lowest BCUT2D eigenvalue weighted by Gasteiger charge is -2.41. The standard InChI is InChI=1S/C15H28N2O2/c1-19-15(18)8-6-10-16-9-5-7-14(13-16)17-11-3-2-4-12-17/h14H,2-13H2,1H3/t14-/m1/s1. The van der Waals surface area contributed by atoms with E-state index in [1.54, 1.807) is 0 Å². The summed E-state index contributed by atoms with van der Waals surface area (Å²) in [5, 5.41) is 0. The quantitative estimate of drug-likeness (QED) is 0.713. The Bertz CT molecular complexity index is 277. The Morgan fingerprint density at radius 1 is 1.16 bits per heavy atom. The number of esters is 1. The Balaban J connectivity index is 1.69. The zero-order valence-corrected chi connectivity index (χ0v) is 12.3. The van der Waals surface area contributed by atoms with Gasteiger partial charge in [-0.05, 0) is 58.3 Å². The Kier molecular flexibility index (Phi) is 6.11. The lowest BCUT2D eigenvalue weighted by atomic mass is 10.0. The molecule has 0 unspecified atom stereocenters. The predicted molar refractivity (Wildman–Crippen MR) is 76.1 cm³/mol. The van der Waals surface area contributed by atoms with Gasteiger partial charge in [-0.1, -0.05) is 6.42 Å². The molecule has 0 amide bonds. The average Bonchev–Trinajstić information content (AvgIpc) is 2.48. The van der Waals surface area contributed by atoms with E-state index < -0.39 is 0 Å². The van der Waals surface area contributed by atoms with Crippen LogP contribution in [0.25, 0.3) is 0 Å². The molecular formula is C15H28N2O2. The van der Waals surface area contributed by atoms with Gasteiger partial charge in [0.05, 0.1) is 7.11 Å². The van der Waals surface area contributed by atoms with Crippen molar-refractivity contribution in [2.75, 3.05) is 39.8 Å². The molecule has 2 aliphatic heterocycles. The lowest BCUT2D eigenvalue weighted by molar-refractivity contribution is -0.140. The number of hydrogen-bond donors (Lipinski definition) is 0. The Labute approximate surface area is 117 Å². The van der Waals surface area contributed by atoms with E-state index in [9.17, 15) is 4.79 Å². The van der Waals surface area contributed by atoms with Crippen LogP contribution in [0.15, 0.2) is 0 Å². The molecule has 2 saturated heterocycles. The molecule has 0 N–H and O–H groups in total. The van der Waals surface area contributed by atoms with E-state index in [-0.39, 0.29) is 5.97 Å². The molecule has 2 fully saturated rings. The molecule has 0 aromatic rings. The molecule has 4 nitrogen and oxygen atoms in total. The number of likely N-dealkylation sites (tertiary alicyclic amines) is 2. The second kappa shape index (κ2) is 7.85. The van der Waals surface area contributed by atoms with E-state index in [4.69, 9.17) is 4.74 Å². The van der Waals surface area contributed by atoms with E-state index in [1.165, 1.54) is 65.4 Å². The van der Waals surface area contributed by atoms with Crippen molar-refractivity contribution >= 4 is 5.97 Å². The summed E-state index contributed by atoms with van der Waals surface area (Å²) in [6, 6.07) is 0.757. The van der Waals surface area contributed by atoms with Gasteiger partial charge >= 0.3 is 5.97 Å². The monoisotopic (exact) mass is 268 g/mol. The van der Waals surface area contributed by atoms with Crippen LogP contribution in [0.4, 0.5) is 0 Å². The molecule has 19 heavy (non-hydrogen) atoms. The SMILES string of the molecule is COC(=O)CCCN1CCC[C@@H](N2CCCCC2)C1. The summed E-state index contributed by atoms with van der Waals surface area (Å²) in [5.74, 6) is -0.0791. The van der Waals surface area contributed by atoms with Gasteiger partial charge in [-0.15, -0.1) is 0 Å². The molecule has 2 heterocycles. The molecule has 1 atom stereocenters. The van der Waals surface area contributed by atoms with Gasteiger partial charge < -0.3 is 9.64 Å². The number of hydrogen-bond acceptors (Lipinski definition) is 4. The zero-order valence-electron chi connectivity index (χ0n) is 12.3. The molecule has 110 valence electrons. The molecule has 0 aromatic heterocycles. The van der Waals surface area contributed by atoms with Crippen molar-refractivity contribution in [2.24, 2.45) is 0 Å². The Morgan fingerprint density at radius 3 is 2.68 bits per heavy atom. The van der Waals surface area contributed by atoms with Gasteiger partial charge in [-0.2, -0.15) is 0 Å². The number of carbonyl (C=O) groups excluding carboxylic acids is 1. The van der Waals surface area contributed by atoms with E-state index in [1.807, 2.05) is 0 Å². The van der Waals surface area contributed by atoms with Crippen LogP contribution in [0.1, 0.15) is 44.9 Å². The van der Waals surface area contributed by atoms with Crippen molar-refractivity contribution in [1.29, 1.82) is 0 Å². The van der Waals surface area contributed by atoms with Crippen molar-refractivity contribution < 1.29 is 9.53 Å². The van der Waals surface area contributed by atoms with Crippen molar-refractivity contribution in [3.05, 3.63) is 0 Å². The first-order chi connectivity index (χ1) is 9.29. The van der Waals surface area contributed by atoms with Crippen LogP contribution in [0, 0.1) is 0 Å². The van der Waals surface area contributed by atoms with Crippen LogP contribution in [0.3, 0.4) is 0 Å². The molecule has 0 saturated carbocycles. The van der Waals surface area contributed by atoms with Gasteiger partial charge in [0, 0.05) is 19.0 Å². The van der Waals surface area contributed by atoms with Gasteiger partial charge in [0.2, 0.25) is 0 Å². The number of nitrogens with zero attached hydrogens (tertiary/aromatic N) is 2. The second-order valence-corrected chi connectivity index (χ2v) is 5.87. The fourth-order valence-electron chi connectivity index (χ4n) is 3.36. The summed E-state index contributed by atoms with van der Waals surface area (Å²) >= 11 is 0. The van der Waals surface area contributed by atoms with Crippen LogP contribution in [0.5, 0.6) is 0 Å². The van der Waals surface area contributed by atoms with Crippen LogP contribution in [0.2, 0.25) is 0 Å². The van der Waals surface area contributed by atoms with E-state index >= 15 is 0 Å². The van der Waals surface area contributed by atoms with E-state index in [0.717, 1.165) is 19.0 Å². The molecule has 4 heteroatoms. The highest BCUT2D eigenvalue weighted by molar-refractivity contribution is 5.69. The average molecular weight is 268 g/mol. The first-order valence-electron chi connectivity index (χ1n) is 7.83. The minimum atomic E-state index is -0.0791. The first-order valence-corrected chi connectivity index (χ1v) is 7.83. The third kappa shape index (κ3) is 4.77. The molecule has 0 aromatic carbocycles. The number of carbonyl (C=O) groups is 1. The second-order valence-electron chi connectivity index (χ2n) is 5.87. The van der Waals surface area contributed by atoms with Gasteiger partial charge in [-0.25, -0.2) is 0 Å². The largest absolute Gasteiger partial charge is 0.469 e. The molecule has 2 rings (SSSR count). The maximum Gasteiger partial charge on any atom is 0.305 e. The third-order valence-corrected chi connectivity index (χ3v) is 4.47. The zero-order chi connectivity index (χ0) is 13.5. The van der Waals surface area contributed by atoms with E-state index in [0.29, 0.717) is 6.42 Å². The summed E-state index contributed by atoms with van der Waals surface area (Å²) < 4.78 is 4.69. The highest BCUT2D eigenvalue weighted by Crippen LogP contribution is 2.20. The Morgan fingerprint density at radius 2 is 1.95 bits per heavy atom. The van der Waals surface area contributed by atoms with Crippen molar-refractivity contribution in [3.63, 3.8) is 0 Å². The minimum absolute atomic E-state index is 0.0791. The minimum Gasteiger partial charge on any atom is -0.469 e. The number of rotatable bonds is 5. The van der Waals surface area contributed by atoms with Gasteiger partial charge in [0.1, 0.15) is 0 Å². The summed E-state index contributed by atoms with van der Waals surface area (Å²) in [4.78, 5) is 16.3. The smallest absolute Gasteiger partial charge is 0.305 e. The van der Waals surface area contributed by atoms with Crippen LogP contribution in [-0.4, -0.2) is 61.6 Å². The van der Waals surface area contributed by atoms with Gasteiger partial charge in [0.25, 0.3) is 0 Å². The normalized spacial score (nSPS) is 26.3. The Hall–Kier alpha value is -0.610. The fourth-order valence-corrected chi connectivity index (χ4v) is 3.36. The maximum absolute atomic E-state index is 11.1. The molecule has 0 radical (unpaired) electrons. The topological polar surface area (TPSA) is 32.8 Å². The molecule has 2 aliphatic rings. The maximum atomic E-state index is 11.1. The van der Waals surface area contributed by atoms with Crippen molar-refractivity contribution in [3.8, 4) is 0 Å². The van der Waals surface area contributed by atoms with Crippen LogP contribution >= 0.6 is 0 Å². The summed E-state index contributed by atoms with van der Waals surface area (Å²) in [7, 11) is 1.47. The lowest BCUT2D eigenvalue weighted by Crippen LogP contribution is -2.49. The number of ether oxygens (including phenoxy) is 1. The third-order valence-electron chi connectivity index (χ3n) is 4.47. The summed E-state index contributed by atoms with van der Waals surface area (Å²) in [5.41, 5.74) is 0. The molecular weight excluding hydrogens is 240 g/mol. The fraction of sp³-hybridized carbons (Fsp3) is 0.933. The van der Waals surface area contributed by atoms with Crippen molar-refractivity contribution in [1.82, 2.24) is 9.80 Å². The molecule has 0 aliphatic carbocycles. The number of piperidine rings is 2. The highest BCUT2D eigenvalue weighted by Gasteiger charge is 2.25. The molecule has 0 spiro atoms. The van der Waals surface area contributed by atoms with E-state index in [2.05, 4.69) is 9.80 Å². The highest BCUT2D eigenvalue weighted by atomic mass is 16.5.